The van der Waals surface area contributed by atoms with Crippen LogP contribution in [0.25, 0.3) is 5.69 Å². The lowest BCUT2D eigenvalue weighted by Crippen LogP contribution is -2.25. The molecule has 0 fully saturated rings. The van der Waals surface area contributed by atoms with Crippen molar-refractivity contribution >= 4 is 17.6 Å². The maximum absolute atomic E-state index is 12.5. The van der Waals surface area contributed by atoms with Gasteiger partial charge in [-0.15, -0.1) is 0 Å². The predicted octanol–water partition coefficient (Wildman–Crippen LogP) is 3.68. The molecule has 0 radical (unpaired) electrons. The highest BCUT2D eigenvalue weighted by Gasteiger charge is 2.35. The molecule has 1 aliphatic rings. The Morgan fingerprint density at radius 1 is 1.06 bits per heavy atom. The summed E-state index contributed by atoms with van der Waals surface area (Å²) in [4.78, 5) is 24.5. The van der Waals surface area contributed by atoms with Crippen LogP contribution in [0.1, 0.15) is 34.0 Å². The van der Waals surface area contributed by atoms with E-state index in [2.05, 4.69) is 5.32 Å². The second-order valence-electron chi connectivity index (χ2n) is 7.10. The van der Waals surface area contributed by atoms with Gasteiger partial charge < -0.3 is 29.2 Å². The van der Waals surface area contributed by atoms with Crippen LogP contribution in [0.15, 0.2) is 48.7 Å². The number of ether oxygens (including phenoxy) is 3. The number of hydrogen-bond acceptors (Lipinski definition) is 5. The molecule has 0 bridgehead atoms. The zero-order chi connectivity index (χ0) is 22.1. The van der Waals surface area contributed by atoms with Crippen molar-refractivity contribution in [1.82, 2.24) is 4.57 Å². The molecule has 0 aliphatic carbocycles. The number of aromatic nitrogens is 1. The Labute approximate surface area is 179 Å². The molecule has 1 amide bonds. The van der Waals surface area contributed by atoms with Crippen LogP contribution in [0.5, 0.6) is 17.2 Å². The number of carbonyl (C=O) groups excluding carboxylic acids is 1. The Balaban J connectivity index is 2.00. The lowest BCUT2D eigenvalue weighted by molar-refractivity contribution is -0.116. The van der Waals surface area contributed by atoms with Crippen molar-refractivity contribution in [3.63, 3.8) is 0 Å². The summed E-state index contributed by atoms with van der Waals surface area (Å²) >= 11 is 0. The Hall–Kier alpha value is -3.94. The SMILES string of the molecule is COc1cccc([C@@H]2CC(=O)Nc3c(C(=O)O)cn(-c4cc(OC)ccc4OC)c32)c1. The monoisotopic (exact) mass is 422 g/mol. The lowest BCUT2D eigenvalue weighted by Gasteiger charge is -2.27. The summed E-state index contributed by atoms with van der Waals surface area (Å²) in [7, 11) is 4.67. The number of amides is 1. The first-order valence-corrected chi connectivity index (χ1v) is 9.61. The van der Waals surface area contributed by atoms with Gasteiger partial charge in [-0.1, -0.05) is 12.1 Å². The summed E-state index contributed by atoms with van der Waals surface area (Å²) in [5.74, 6) is 0.00905. The molecule has 1 atom stereocenters. The molecule has 0 unspecified atom stereocenters. The normalized spacial score (nSPS) is 15.1. The van der Waals surface area contributed by atoms with Gasteiger partial charge in [-0.25, -0.2) is 4.79 Å². The Bertz CT molecular complexity index is 1170. The number of carbonyl (C=O) groups is 2. The van der Waals surface area contributed by atoms with Gasteiger partial charge >= 0.3 is 5.97 Å². The van der Waals surface area contributed by atoms with E-state index >= 15 is 0 Å². The van der Waals surface area contributed by atoms with E-state index in [1.165, 1.54) is 6.20 Å². The zero-order valence-electron chi connectivity index (χ0n) is 17.3. The Kier molecular flexibility index (Phi) is 5.29. The minimum Gasteiger partial charge on any atom is -0.497 e. The van der Waals surface area contributed by atoms with Gasteiger partial charge in [-0.3, -0.25) is 4.79 Å². The van der Waals surface area contributed by atoms with E-state index in [1.54, 1.807) is 44.1 Å². The molecule has 3 aromatic rings. The first kappa shape index (κ1) is 20.3. The first-order chi connectivity index (χ1) is 15.0. The number of rotatable bonds is 6. The molecule has 8 nitrogen and oxygen atoms in total. The average molecular weight is 422 g/mol. The third-order valence-electron chi connectivity index (χ3n) is 5.40. The molecule has 0 saturated carbocycles. The fraction of sp³-hybridized carbons (Fsp3) is 0.217. The van der Waals surface area contributed by atoms with Crippen LogP contribution in [0, 0.1) is 0 Å². The molecule has 160 valence electrons. The maximum atomic E-state index is 12.5. The number of nitrogens with zero attached hydrogens (tertiary/aromatic N) is 1. The van der Waals surface area contributed by atoms with E-state index in [-0.39, 0.29) is 29.5 Å². The van der Waals surface area contributed by atoms with E-state index in [4.69, 9.17) is 14.2 Å². The first-order valence-electron chi connectivity index (χ1n) is 9.61. The number of hydrogen-bond donors (Lipinski definition) is 2. The molecule has 1 aromatic heterocycles. The second-order valence-corrected chi connectivity index (χ2v) is 7.10. The fourth-order valence-corrected chi connectivity index (χ4v) is 3.95. The minimum atomic E-state index is -1.14. The summed E-state index contributed by atoms with van der Waals surface area (Å²) < 4.78 is 18.0. The highest BCUT2D eigenvalue weighted by molar-refractivity contribution is 6.04. The number of carboxylic acid groups (broad SMARTS) is 1. The molecule has 2 aromatic carbocycles. The van der Waals surface area contributed by atoms with Crippen LogP contribution < -0.4 is 19.5 Å². The van der Waals surface area contributed by atoms with Crippen molar-refractivity contribution in [2.75, 3.05) is 26.6 Å². The molecular formula is C23H22N2O6. The third-order valence-corrected chi connectivity index (χ3v) is 5.40. The topological polar surface area (TPSA) is 99.0 Å². The molecule has 0 saturated heterocycles. The van der Waals surface area contributed by atoms with E-state index in [9.17, 15) is 14.7 Å². The fourth-order valence-electron chi connectivity index (χ4n) is 3.95. The highest BCUT2D eigenvalue weighted by Crippen LogP contribution is 2.43. The number of carboxylic acids is 1. The molecule has 2 heterocycles. The summed E-state index contributed by atoms with van der Waals surface area (Å²) in [6.07, 6.45) is 1.67. The second kappa shape index (κ2) is 8.06. The number of anilines is 1. The van der Waals surface area contributed by atoms with E-state index in [0.29, 0.717) is 28.6 Å². The van der Waals surface area contributed by atoms with Crippen LogP contribution in [0.4, 0.5) is 5.69 Å². The quantitative estimate of drug-likeness (QED) is 0.629. The summed E-state index contributed by atoms with van der Waals surface area (Å²) in [5, 5.41) is 12.6. The molecule has 0 spiro atoms. The van der Waals surface area contributed by atoms with E-state index in [1.807, 2.05) is 24.3 Å². The number of nitrogens with one attached hydrogen (secondary N) is 1. The molecule has 8 heteroatoms. The van der Waals surface area contributed by atoms with Crippen LogP contribution in [0.2, 0.25) is 0 Å². The largest absolute Gasteiger partial charge is 0.497 e. The molecule has 31 heavy (non-hydrogen) atoms. The van der Waals surface area contributed by atoms with Gasteiger partial charge in [-0.05, 0) is 29.8 Å². The summed E-state index contributed by atoms with van der Waals surface area (Å²) in [6, 6.07) is 12.7. The van der Waals surface area contributed by atoms with Gasteiger partial charge in [0, 0.05) is 24.6 Å². The zero-order valence-corrected chi connectivity index (χ0v) is 17.3. The summed E-state index contributed by atoms with van der Waals surface area (Å²) in [6.45, 7) is 0. The predicted molar refractivity (Wildman–Crippen MR) is 114 cm³/mol. The van der Waals surface area contributed by atoms with Crippen LogP contribution >= 0.6 is 0 Å². The lowest BCUT2D eigenvalue weighted by atomic mass is 9.88. The maximum Gasteiger partial charge on any atom is 0.339 e. The van der Waals surface area contributed by atoms with Crippen molar-refractivity contribution in [3.05, 3.63) is 65.5 Å². The highest BCUT2D eigenvalue weighted by atomic mass is 16.5. The van der Waals surface area contributed by atoms with Crippen molar-refractivity contribution in [3.8, 4) is 22.9 Å². The van der Waals surface area contributed by atoms with Crippen molar-refractivity contribution in [2.24, 2.45) is 0 Å². The van der Waals surface area contributed by atoms with Crippen LogP contribution in [0.3, 0.4) is 0 Å². The third kappa shape index (κ3) is 3.56. The number of benzene rings is 2. The van der Waals surface area contributed by atoms with Crippen molar-refractivity contribution in [2.45, 2.75) is 12.3 Å². The number of methoxy groups -OCH3 is 3. The average Bonchev–Trinajstić information content (AvgIpc) is 3.17. The molecule has 4 rings (SSSR count). The van der Waals surface area contributed by atoms with Gasteiger partial charge in [0.05, 0.1) is 38.4 Å². The van der Waals surface area contributed by atoms with Gasteiger partial charge in [0.1, 0.15) is 22.8 Å². The van der Waals surface area contributed by atoms with Crippen molar-refractivity contribution < 1.29 is 28.9 Å². The van der Waals surface area contributed by atoms with Gasteiger partial charge in [0.25, 0.3) is 0 Å². The number of fused-ring (bicyclic) bond motifs is 1. The van der Waals surface area contributed by atoms with E-state index < -0.39 is 5.97 Å². The smallest absolute Gasteiger partial charge is 0.339 e. The Morgan fingerprint density at radius 2 is 1.81 bits per heavy atom. The van der Waals surface area contributed by atoms with Crippen LogP contribution in [-0.4, -0.2) is 42.9 Å². The van der Waals surface area contributed by atoms with Crippen molar-refractivity contribution in [1.29, 1.82) is 0 Å². The summed E-state index contributed by atoms with van der Waals surface area (Å²) in [5.41, 5.74) is 2.38. The minimum absolute atomic E-state index is 0.000758. The molecule has 2 N–H and O–H groups in total. The molecular weight excluding hydrogens is 400 g/mol. The van der Waals surface area contributed by atoms with E-state index in [0.717, 1.165) is 5.56 Å². The van der Waals surface area contributed by atoms with Gasteiger partial charge in [0.15, 0.2) is 0 Å². The van der Waals surface area contributed by atoms with Crippen LogP contribution in [-0.2, 0) is 4.79 Å². The Morgan fingerprint density at radius 3 is 2.48 bits per heavy atom. The molecule has 1 aliphatic heterocycles. The number of aromatic carboxylic acids is 1. The standard InChI is InChI=1S/C23H22N2O6/c1-29-14-6-4-5-13(9-14)16-11-20(26)24-21-17(23(27)28)12-25(22(16)21)18-10-15(30-2)7-8-19(18)31-3/h4-10,12,16H,11H2,1-3H3,(H,24,26)(H,27,28)/t16-/m0/s1. The van der Waals surface area contributed by atoms with Gasteiger partial charge in [-0.2, -0.15) is 0 Å². The van der Waals surface area contributed by atoms with Gasteiger partial charge in [0.2, 0.25) is 5.91 Å².